The van der Waals surface area contributed by atoms with Gasteiger partial charge in [0.1, 0.15) is 0 Å². The highest BCUT2D eigenvalue weighted by Crippen LogP contribution is 2.37. The fraction of sp³-hybridized carbons (Fsp3) is 0.222. The van der Waals surface area contributed by atoms with E-state index in [1.165, 1.54) is 91.9 Å². The van der Waals surface area contributed by atoms with Gasteiger partial charge in [0.05, 0.1) is 11.4 Å². The fourth-order valence-corrected chi connectivity index (χ4v) is 6.75. The molecular formula is C36H35N5. The number of rotatable bonds is 0. The van der Waals surface area contributed by atoms with Crippen LogP contribution >= 0.6 is 0 Å². The van der Waals surface area contributed by atoms with E-state index < -0.39 is 0 Å². The molecule has 0 spiro atoms. The monoisotopic (exact) mass is 537 g/mol. The van der Waals surface area contributed by atoms with Gasteiger partial charge in [0.2, 0.25) is 0 Å². The van der Waals surface area contributed by atoms with Crippen LogP contribution in [0.2, 0.25) is 0 Å². The lowest BCUT2D eigenvalue weighted by Crippen LogP contribution is -2.16. The van der Waals surface area contributed by atoms with Gasteiger partial charge in [0, 0.05) is 56.7 Å². The van der Waals surface area contributed by atoms with Crippen LogP contribution in [0.5, 0.6) is 0 Å². The second-order valence-electron chi connectivity index (χ2n) is 11.5. The number of aromatic amines is 3. The van der Waals surface area contributed by atoms with Crippen LogP contribution in [0.15, 0.2) is 84.9 Å². The van der Waals surface area contributed by atoms with E-state index >= 15 is 0 Å². The van der Waals surface area contributed by atoms with Crippen LogP contribution in [0.3, 0.4) is 0 Å². The third kappa shape index (κ3) is 4.33. The Kier molecular flexibility index (Phi) is 6.12. The van der Waals surface area contributed by atoms with Gasteiger partial charge in [0.15, 0.2) is 0 Å². The van der Waals surface area contributed by atoms with Gasteiger partial charge in [0.25, 0.3) is 0 Å². The van der Waals surface area contributed by atoms with Gasteiger partial charge in [-0.15, -0.1) is 0 Å². The maximum absolute atomic E-state index is 3.76. The summed E-state index contributed by atoms with van der Waals surface area (Å²) in [4.78, 5) is 11.2. The van der Waals surface area contributed by atoms with Crippen molar-refractivity contribution in [3.05, 3.63) is 96.1 Å². The molecule has 4 heterocycles. The van der Waals surface area contributed by atoms with Crippen LogP contribution in [0, 0.1) is 0 Å². The van der Waals surface area contributed by atoms with Gasteiger partial charge >= 0.3 is 0 Å². The number of hydrogen-bond acceptors (Lipinski definition) is 2. The van der Waals surface area contributed by atoms with Crippen molar-refractivity contribution in [3.8, 4) is 22.5 Å². The third-order valence-electron chi connectivity index (χ3n) is 8.86. The molecule has 5 N–H and O–H groups in total. The Morgan fingerprint density at radius 3 is 1.39 bits per heavy atom. The first-order valence-electron chi connectivity index (χ1n) is 15.0. The van der Waals surface area contributed by atoms with Crippen molar-refractivity contribution >= 4 is 43.6 Å². The van der Waals surface area contributed by atoms with Crippen LogP contribution < -0.4 is 10.6 Å². The number of aromatic nitrogens is 3. The molecule has 1 aliphatic rings. The van der Waals surface area contributed by atoms with Crippen molar-refractivity contribution < 1.29 is 0 Å². The molecule has 0 amide bonds. The first-order chi connectivity index (χ1) is 20.3. The largest absolute Gasteiger partial charge is 0.355 e. The Labute approximate surface area is 239 Å². The minimum Gasteiger partial charge on any atom is -0.355 e. The molecule has 0 saturated carbocycles. The van der Waals surface area contributed by atoms with Gasteiger partial charge in [-0.05, 0) is 84.6 Å². The molecule has 0 saturated heterocycles. The highest BCUT2D eigenvalue weighted by Gasteiger charge is 2.17. The molecule has 0 atom stereocenters. The second kappa shape index (κ2) is 10.3. The molecule has 204 valence electrons. The Morgan fingerprint density at radius 2 is 0.878 bits per heavy atom. The van der Waals surface area contributed by atoms with Gasteiger partial charge in [-0.3, -0.25) is 0 Å². The van der Waals surface area contributed by atoms with Gasteiger partial charge in [-0.2, -0.15) is 0 Å². The van der Waals surface area contributed by atoms with E-state index in [4.69, 9.17) is 0 Å². The van der Waals surface area contributed by atoms with E-state index in [1.54, 1.807) is 0 Å². The van der Waals surface area contributed by atoms with Crippen LogP contribution in [-0.2, 0) is 13.1 Å². The van der Waals surface area contributed by atoms with E-state index in [9.17, 15) is 0 Å². The number of hydrogen-bond donors (Lipinski definition) is 5. The zero-order chi connectivity index (χ0) is 27.2. The SMILES string of the molecule is c1ccc2c3c([nH]c2c1)-c1ccc2[nH]c4ccc(cc4c2c1)-c1[nH]c2ccccc2c1CNCCCCCCNC3. The van der Waals surface area contributed by atoms with E-state index in [-0.39, 0.29) is 0 Å². The van der Waals surface area contributed by atoms with Crippen LogP contribution in [0.4, 0.5) is 0 Å². The van der Waals surface area contributed by atoms with E-state index in [1.807, 2.05) is 0 Å². The number of benzene rings is 4. The molecule has 5 heteroatoms. The Bertz CT molecular complexity index is 1880. The van der Waals surface area contributed by atoms with Crippen molar-refractivity contribution in [1.29, 1.82) is 0 Å². The second-order valence-corrected chi connectivity index (χ2v) is 11.5. The van der Waals surface area contributed by atoms with Gasteiger partial charge < -0.3 is 25.6 Å². The zero-order valence-electron chi connectivity index (χ0n) is 23.2. The lowest BCUT2D eigenvalue weighted by atomic mass is 10.0. The summed E-state index contributed by atoms with van der Waals surface area (Å²) in [5, 5.41) is 12.6. The molecule has 4 aromatic carbocycles. The van der Waals surface area contributed by atoms with Crippen LogP contribution in [0.25, 0.3) is 66.1 Å². The minimum atomic E-state index is 0.861. The highest BCUT2D eigenvalue weighted by atomic mass is 14.9. The molecule has 7 aromatic rings. The maximum Gasteiger partial charge on any atom is 0.0510 e. The highest BCUT2D eigenvalue weighted by molar-refractivity contribution is 6.10. The molecule has 0 fully saturated rings. The fourth-order valence-electron chi connectivity index (χ4n) is 6.75. The molecule has 8 rings (SSSR count). The summed E-state index contributed by atoms with van der Waals surface area (Å²) in [6.45, 7) is 3.80. The van der Waals surface area contributed by atoms with Crippen molar-refractivity contribution in [3.63, 3.8) is 0 Å². The Hall–Kier alpha value is -4.32. The molecule has 1 aliphatic heterocycles. The topological polar surface area (TPSA) is 71.4 Å². The van der Waals surface area contributed by atoms with Crippen molar-refractivity contribution in [1.82, 2.24) is 25.6 Å². The molecule has 5 nitrogen and oxygen atoms in total. The van der Waals surface area contributed by atoms with Crippen LogP contribution in [0.1, 0.15) is 36.8 Å². The zero-order valence-corrected chi connectivity index (χ0v) is 23.2. The van der Waals surface area contributed by atoms with E-state index in [2.05, 4.69) is 111 Å². The minimum absolute atomic E-state index is 0.861. The van der Waals surface area contributed by atoms with Crippen LogP contribution in [-0.4, -0.2) is 28.0 Å². The molecule has 0 radical (unpaired) electrons. The normalized spacial score (nSPS) is 15.3. The average molecular weight is 538 g/mol. The van der Waals surface area contributed by atoms with Crippen molar-refractivity contribution in [2.75, 3.05) is 13.1 Å². The summed E-state index contributed by atoms with van der Waals surface area (Å²) < 4.78 is 0. The smallest absolute Gasteiger partial charge is 0.0510 e. The molecule has 41 heavy (non-hydrogen) atoms. The number of para-hydroxylation sites is 2. The summed E-state index contributed by atoms with van der Waals surface area (Å²) >= 11 is 0. The summed E-state index contributed by atoms with van der Waals surface area (Å²) in [7, 11) is 0. The Morgan fingerprint density at radius 1 is 0.415 bits per heavy atom. The molecule has 0 unspecified atom stereocenters. The predicted octanol–water partition coefficient (Wildman–Crippen LogP) is 8.37. The molecule has 3 aromatic heterocycles. The van der Waals surface area contributed by atoms with Gasteiger partial charge in [-0.1, -0.05) is 61.4 Å². The first-order valence-corrected chi connectivity index (χ1v) is 15.0. The van der Waals surface area contributed by atoms with E-state index in [0.29, 0.717) is 0 Å². The van der Waals surface area contributed by atoms with Crippen molar-refractivity contribution in [2.24, 2.45) is 0 Å². The number of H-pyrrole nitrogens is 3. The number of fused-ring (bicyclic) bond motifs is 10. The van der Waals surface area contributed by atoms with Crippen molar-refractivity contribution in [2.45, 2.75) is 38.8 Å². The summed E-state index contributed by atoms with van der Waals surface area (Å²) in [6, 6.07) is 31.1. The number of nitrogens with one attached hydrogen (secondary N) is 5. The maximum atomic E-state index is 3.76. The Balaban J connectivity index is 1.31. The first kappa shape index (κ1) is 24.5. The summed E-state index contributed by atoms with van der Waals surface area (Å²) in [6.07, 6.45) is 4.90. The molecule has 0 aliphatic carbocycles. The summed E-state index contributed by atoms with van der Waals surface area (Å²) in [5.41, 5.74) is 12.3. The molecular weight excluding hydrogens is 502 g/mol. The lowest BCUT2D eigenvalue weighted by molar-refractivity contribution is 0.564. The predicted molar refractivity (Wildman–Crippen MR) is 172 cm³/mol. The standard InChI is InChI=1S/C36H35N5/c1-2-8-18-38-22-30-26-10-4-6-12-32(26)41-36(30)24-14-16-34-28(20-24)27-19-23(13-15-33(27)39-34)35-29(21-37-17-7-1)25-9-3-5-11-31(25)40-35/h3-6,9-16,19-20,37-41H,1-2,7-8,17-18,21-22H2. The summed E-state index contributed by atoms with van der Waals surface area (Å²) in [5.74, 6) is 0. The molecule has 4 bridgehead atoms. The quantitative estimate of drug-likeness (QED) is 0.135. The lowest BCUT2D eigenvalue weighted by Gasteiger charge is -2.10. The average Bonchev–Trinajstić information content (AvgIpc) is 3.68. The van der Waals surface area contributed by atoms with Gasteiger partial charge in [-0.25, -0.2) is 0 Å². The third-order valence-corrected chi connectivity index (χ3v) is 8.86. The van der Waals surface area contributed by atoms with E-state index in [0.717, 1.165) is 37.2 Å².